The minimum Gasteiger partial charge on any atom is -0.356 e. The molecule has 114 valence electrons. The van der Waals surface area contributed by atoms with E-state index in [4.69, 9.17) is 4.98 Å². The first kappa shape index (κ1) is 16.1. The van der Waals surface area contributed by atoms with Gasteiger partial charge in [-0.15, -0.1) is 0 Å². The molecule has 2 rings (SSSR count). The van der Waals surface area contributed by atoms with Gasteiger partial charge in [0.2, 0.25) is 0 Å². The van der Waals surface area contributed by atoms with Gasteiger partial charge in [-0.25, -0.2) is 4.98 Å². The lowest BCUT2D eigenvalue weighted by atomic mass is 10.1. The van der Waals surface area contributed by atoms with E-state index < -0.39 is 0 Å². The van der Waals surface area contributed by atoms with E-state index in [2.05, 4.69) is 67.7 Å². The Balaban J connectivity index is 2.43. The summed E-state index contributed by atoms with van der Waals surface area (Å²) in [4.78, 5) is 7.20. The highest BCUT2D eigenvalue weighted by atomic mass is 32.2. The van der Waals surface area contributed by atoms with Crippen LogP contribution in [0.5, 0.6) is 0 Å². The first-order valence-electron chi connectivity index (χ1n) is 7.48. The van der Waals surface area contributed by atoms with Gasteiger partial charge in [-0.1, -0.05) is 31.2 Å². The Bertz CT molecular complexity index is 585. The Morgan fingerprint density at radius 2 is 2.10 bits per heavy atom. The number of nitrogens with zero attached hydrogens (tertiary/aromatic N) is 2. The number of thioether (sulfide) groups is 1. The number of hydrogen-bond acceptors (Lipinski definition) is 4. The van der Waals surface area contributed by atoms with Crippen molar-refractivity contribution in [1.82, 2.24) is 10.3 Å². The van der Waals surface area contributed by atoms with Crippen LogP contribution in [0.15, 0.2) is 30.3 Å². The van der Waals surface area contributed by atoms with Crippen LogP contribution in [0.4, 0.5) is 5.82 Å². The maximum atomic E-state index is 4.90. The van der Waals surface area contributed by atoms with Crippen molar-refractivity contribution in [2.45, 2.75) is 26.4 Å². The summed E-state index contributed by atoms with van der Waals surface area (Å²) in [5.41, 5.74) is 1.11. The number of rotatable bonds is 7. The zero-order valence-electron chi connectivity index (χ0n) is 13.4. The van der Waals surface area contributed by atoms with Crippen LogP contribution in [0.1, 0.15) is 19.5 Å². The fourth-order valence-electron chi connectivity index (χ4n) is 2.41. The van der Waals surface area contributed by atoms with Gasteiger partial charge in [0.25, 0.3) is 0 Å². The minimum absolute atomic E-state index is 0.463. The van der Waals surface area contributed by atoms with E-state index in [0.717, 1.165) is 30.4 Å². The largest absolute Gasteiger partial charge is 0.356 e. The summed E-state index contributed by atoms with van der Waals surface area (Å²) in [5, 5.41) is 5.86. The molecule has 1 aromatic carbocycles. The van der Waals surface area contributed by atoms with Gasteiger partial charge < -0.3 is 10.2 Å². The highest BCUT2D eigenvalue weighted by molar-refractivity contribution is 7.98. The topological polar surface area (TPSA) is 28.2 Å². The number of anilines is 1. The van der Waals surface area contributed by atoms with Gasteiger partial charge in [-0.2, -0.15) is 11.8 Å². The van der Waals surface area contributed by atoms with Crippen LogP contribution in [0, 0.1) is 0 Å². The Morgan fingerprint density at radius 3 is 2.81 bits per heavy atom. The molecule has 0 radical (unpaired) electrons. The molecule has 1 heterocycles. The van der Waals surface area contributed by atoms with Gasteiger partial charge in [-0.05, 0) is 31.2 Å². The molecule has 1 atom stereocenters. The third-order valence-electron chi connectivity index (χ3n) is 3.73. The van der Waals surface area contributed by atoms with Crippen molar-refractivity contribution in [3.05, 3.63) is 36.0 Å². The highest BCUT2D eigenvalue weighted by Gasteiger charge is 2.15. The van der Waals surface area contributed by atoms with Crippen LogP contribution < -0.4 is 10.2 Å². The molecule has 1 aromatic heterocycles. The number of nitrogens with one attached hydrogen (secondary N) is 1. The predicted molar refractivity (Wildman–Crippen MR) is 95.4 cm³/mol. The van der Waals surface area contributed by atoms with Crippen molar-refractivity contribution < 1.29 is 0 Å². The third-order valence-corrected chi connectivity index (χ3v) is 4.55. The second-order valence-corrected chi connectivity index (χ2v) is 6.26. The maximum Gasteiger partial charge on any atom is 0.136 e. The molecular formula is C17H25N3S. The fraction of sp³-hybridized carbons (Fsp3) is 0.471. The van der Waals surface area contributed by atoms with Crippen LogP contribution in [-0.2, 0) is 6.54 Å². The summed E-state index contributed by atoms with van der Waals surface area (Å²) in [6.07, 6.45) is 2.15. The zero-order chi connectivity index (χ0) is 15.2. The van der Waals surface area contributed by atoms with Gasteiger partial charge in [-0.3, -0.25) is 0 Å². The quantitative estimate of drug-likeness (QED) is 0.847. The second-order valence-electron chi connectivity index (χ2n) is 5.35. The van der Waals surface area contributed by atoms with Crippen molar-refractivity contribution in [2.75, 3.05) is 30.5 Å². The van der Waals surface area contributed by atoms with E-state index in [-0.39, 0.29) is 0 Å². The van der Waals surface area contributed by atoms with Crippen LogP contribution in [0.25, 0.3) is 10.8 Å². The molecule has 0 spiro atoms. The Labute approximate surface area is 132 Å². The lowest BCUT2D eigenvalue weighted by Crippen LogP contribution is -2.32. The number of pyridine rings is 1. The summed E-state index contributed by atoms with van der Waals surface area (Å²) in [6.45, 7) is 6.15. The number of fused-ring (bicyclic) bond motifs is 1. The summed E-state index contributed by atoms with van der Waals surface area (Å²) in [6, 6.07) is 11.2. The SMILES string of the molecule is CCNCc1cc2ccccc2c(N(C)C(C)CSC)n1. The number of benzene rings is 1. The normalized spacial score (nSPS) is 12.6. The average Bonchev–Trinajstić information content (AvgIpc) is 2.51. The van der Waals surface area contributed by atoms with E-state index in [1.807, 2.05) is 11.8 Å². The molecule has 4 heteroatoms. The van der Waals surface area contributed by atoms with E-state index in [0.29, 0.717) is 6.04 Å². The lowest BCUT2D eigenvalue weighted by molar-refractivity contribution is 0.704. The molecule has 0 fully saturated rings. The lowest BCUT2D eigenvalue weighted by Gasteiger charge is -2.27. The number of aromatic nitrogens is 1. The molecule has 0 saturated heterocycles. The van der Waals surface area contributed by atoms with E-state index in [1.54, 1.807) is 0 Å². The Kier molecular flexibility index (Phi) is 5.88. The van der Waals surface area contributed by atoms with Crippen molar-refractivity contribution in [1.29, 1.82) is 0 Å². The van der Waals surface area contributed by atoms with Gasteiger partial charge >= 0.3 is 0 Å². The van der Waals surface area contributed by atoms with E-state index in [1.165, 1.54) is 10.8 Å². The summed E-state index contributed by atoms with van der Waals surface area (Å²) in [5.74, 6) is 2.19. The van der Waals surface area contributed by atoms with Crippen molar-refractivity contribution in [3.8, 4) is 0 Å². The molecule has 0 aliphatic rings. The van der Waals surface area contributed by atoms with Crippen LogP contribution in [0.2, 0.25) is 0 Å². The van der Waals surface area contributed by atoms with E-state index in [9.17, 15) is 0 Å². The minimum atomic E-state index is 0.463. The zero-order valence-corrected chi connectivity index (χ0v) is 14.2. The Hall–Kier alpha value is -1.26. The predicted octanol–water partition coefficient (Wildman–Crippen LogP) is 3.53. The molecular weight excluding hydrogens is 278 g/mol. The van der Waals surface area contributed by atoms with Crippen LogP contribution in [0.3, 0.4) is 0 Å². The summed E-state index contributed by atoms with van der Waals surface area (Å²) in [7, 11) is 2.15. The smallest absolute Gasteiger partial charge is 0.136 e. The molecule has 1 N–H and O–H groups in total. The van der Waals surface area contributed by atoms with Crippen LogP contribution in [-0.4, -0.2) is 36.6 Å². The van der Waals surface area contributed by atoms with Crippen LogP contribution >= 0.6 is 11.8 Å². The first-order chi connectivity index (χ1) is 10.2. The molecule has 0 aliphatic heterocycles. The third kappa shape index (κ3) is 3.89. The highest BCUT2D eigenvalue weighted by Crippen LogP contribution is 2.26. The fourth-order valence-corrected chi connectivity index (χ4v) is 3.11. The first-order valence-corrected chi connectivity index (χ1v) is 8.88. The van der Waals surface area contributed by atoms with Gasteiger partial charge in [0.1, 0.15) is 5.82 Å². The monoisotopic (exact) mass is 303 g/mol. The molecule has 0 bridgehead atoms. The summed E-state index contributed by atoms with van der Waals surface area (Å²) < 4.78 is 0. The van der Waals surface area contributed by atoms with Gasteiger partial charge in [0.15, 0.2) is 0 Å². The molecule has 0 aliphatic carbocycles. The molecule has 0 amide bonds. The van der Waals surface area contributed by atoms with Gasteiger partial charge in [0, 0.05) is 30.8 Å². The van der Waals surface area contributed by atoms with Gasteiger partial charge in [0.05, 0.1) is 5.69 Å². The molecule has 1 unspecified atom stereocenters. The molecule has 21 heavy (non-hydrogen) atoms. The molecule has 2 aromatic rings. The summed E-state index contributed by atoms with van der Waals surface area (Å²) >= 11 is 1.87. The van der Waals surface area contributed by atoms with E-state index >= 15 is 0 Å². The standard InChI is InChI=1S/C17H25N3S/c1-5-18-11-15-10-14-8-6-7-9-16(14)17(19-15)20(3)13(2)12-21-4/h6-10,13,18H,5,11-12H2,1-4H3. The molecule has 3 nitrogen and oxygen atoms in total. The van der Waals surface area contributed by atoms with Crippen molar-refractivity contribution in [3.63, 3.8) is 0 Å². The molecule has 0 saturated carbocycles. The number of hydrogen-bond donors (Lipinski definition) is 1. The second kappa shape index (κ2) is 7.66. The van der Waals surface area contributed by atoms with Crippen molar-refractivity contribution >= 4 is 28.4 Å². The van der Waals surface area contributed by atoms with Crippen molar-refractivity contribution in [2.24, 2.45) is 0 Å². The average molecular weight is 303 g/mol. The Morgan fingerprint density at radius 1 is 1.33 bits per heavy atom. The maximum absolute atomic E-state index is 4.90.